The Morgan fingerprint density at radius 3 is 2.52 bits per heavy atom. The largest absolute Gasteiger partial charge is 0.248 e. The number of aromatic nitrogens is 3. The first-order valence-electron chi connectivity index (χ1n) is 8.15. The fourth-order valence-electron chi connectivity index (χ4n) is 2.96. The van der Waals surface area contributed by atoms with E-state index in [1.807, 2.05) is 12.3 Å². The van der Waals surface area contributed by atoms with Gasteiger partial charge < -0.3 is 0 Å². The summed E-state index contributed by atoms with van der Waals surface area (Å²) in [5.41, 5.74) is 3.03. The van der Waals surface area contributed by atoms with Gasteiger partial charge in [0, 0.05) is 22.9 Å². The number of halogens is 3. The zero-order valence-corrected chi connectivity index (χ0v) is 16.1. The van der Waals surface area contributed by atoms with Crippen molar-refractivity contribution in [2.45, 2.75) is 6.92 Å². The molecule has 3 nitrogen and oxygen atoms in total. The predicted molar refractivity (Wildman–Crippen MR) is 105 cm³/mol. The van der Waals surface area contributed by atoms with Gasteiger partial charge in [0.25, 0.3) is 0 Å². The Labute approximate surface area is 163 Å². The van der Waals surface area contributed by atoms with Gasteiger partial charge in [0.2, 0.25) is 0 Å². The number of nitrogens with zero attached hydrogens (tertiary/aromatic N) is 3. The van der Waals surface area contributed by atoms with E-state index in [1.54, 1.807) is 47.3 Å². The topological polar surface area (TPSA) is 30.7 Å². The van der Waals surface area contributed by atoms with E-state index in [2.05, 4.69) is 10.1 Å². The summed E-state index contributed by atoms with van der Waals surface area (Å²) in [6, 6.07) is 10.9. The molecule has 0 aliphatic rings. The fraction of sp³-hybridized carbons (Fsp3) is 0.100. The van der Waals surface area contributed by atoms with Gasteiger partial charge >= 0.3 is 0 Å². The Morgan fingerprint density at radius 2 is 1.81 bits per heavy atom. The third-order valence-electron chi connectivity index (χ3n) is 4.34. The van der Waals surface area contributed by atoms with E-state index in [0.717, 1.165) is 21.6 Å². The van der Waals surface area contributed by atoms with Crippen molar-refractivity contribution < 1.29 is 8.78 Å². The van der Waals surface area contributed by atoms with Crippen molar-refractivity contribution in [2.24, 2.45) is 7.05 Å². The van der Waals surface area contributed by atoms with Gasteiger partial charge in [-0.2, -0.15) is 5.10 Å². The maximum atomic E-state index is 14.2. The van der Waals surface area contributed by atoms with Crippen molar-refractivity contribution in [3.8, 4) is 33.2 Å². The van der Waals surface area contributed by atoms with Crippen LogP contribution < -0.4 is 0 Å². The van der Waals surface area contributed by atoms with Gasteiger partial charge in [0.05, 0.1) is 10.6 Å². The van der Waals surface area contributed by atoms with Crippen LogP contribution in [0.3, 0.4) is 0 Å². The van der Waals surface area contributed by atoms with E-state index in [9.17, 15) is 8.78 Å². The molecule has 0 spiro atoms. The fourth-order valence-corrected chi connectivity index (χ4v) is 4.28. The molecule has 4 rings (SSSR count). The molecular formula is C20H14ClF2N3S. The summed E-state index contributed by atoms with van der Waals surface area (Å²) in [5, 5.41) is 6.59. The molecule has 27 heavy (non-hydrogen) atoms. The lowest BCUT2D eigenvalue weighted by Gasteiger charge is -2.02. The van der Waals surface area contributed by atoms with Crippen LogP contribution in [0.4, 0.5) is 8.78 Å². The van der Waals surface area contributed by atoms with Gasteiger partial charge in [-0.15, -0.1) is 11.3 Å². The molecule has 4 aromatic rings. The first kappa shape index (κ1) is 17.8. The summed E-state index contributed by atoms with van der Waals surface area (Å²) >= 11 is 7.69. The summed E-state index contributed by atoms with van der Waals surface area (Å²) in [4.78, 5) is 5.55. The summed E-state index contributed by atoms with van der Waals surface area (Å²) in [7, 11) is 1.76. The molecule has 2 aromatic heterocycles. The molecule has 0 saturated heterocycles. The van der Waals surface area contributed by atoms with Crippen LogP contribution in [0.1, 0.15) is 5.56 Å². The minimum absolute atomic E-state index is 0.188. The van der Waals surface area contributed by atoms with E-state index in [-0.39, 0.29) is 22.2 Å². The molecule has 7 heteroatoms. The van der Waals surface area contributed by atoms with Crippen LogP contribution in [0, 0.1) is 18.6 Å². The second kappa shape index (κ2) is 6.87. The lowest BCUT2D eigenvalue weighted by atomic mass is 10.1. The van der Waals surface area contributed by atoms with Crippen LogP contribution >= 0.6 is 22.9 Å². The number of benzene rings is 2. The highest BCUT2D eigenvalue weighted by Crippen LogP contribution is 2.38. The highest BCUT2D eigenvalue weighted by molar-refractivity contribution is 7.14. The molecule has 0 aliphatic carbocycles. The van der Waals surface area contributed by atoms with Crippen molar-refractivity contribution in [1.29, 1.82) is 0 Å². The average Bonchev–Trinajstić information content (AvgIpc) is 3.18. The van der Waals surface area contributed by atoms with E-state index in [1.165, 1.54) is 18.2 Å². The molecule has 0 atom stereocenters. The predicted octanol–water partition coefficient (Wildman–Crippen LogP) is 6.12. The Bertz CT molecular complexity index is 1110. The second-order valence-corrected chi connectivity index (χ2v) is 7.38. The average molecular weight is 402 g/mol. The van der Waals surface area contributed by atoms with Crippen molar-refractivity contribution >= 4 is 22.9 Å². The van der Waals surface area contributed by atoms with Gasteiger partial charge in [0.15, 0.2) is 11.6 Å². The Hall–Kier alpha value is -2.57. The molecule has 0 unspecified atom stereocenters. The van der Waals surface area contributed by atoms with Crippen LogP contribution in [0.2, 0.25) is 5.02 Å². The highest BCUT2D eigenvalue weighted by atomic mass is 35.5. The molecule has 0 saturated carbocycles. The summed E-state index contributed by atoms with van der Waals surface area (Å²) in [6.07, 6.45) is 0. The maximum Gasteiger partial charge on any atom is 0.186 e. The van der Waals surface area contributed by atoms with Crippen LogP contribution in [-0.4, -0.2) is 14.8 Å². The molecule has 136 valence electrons. The monoisotopic (exact) mass is 401 g/mol. The SMILES string of the molecule is Cc1c(-c2nc(-c3c(F)cccc3Cl)nn2C)csc1-c1ccc(F)cc1. The van der Waals surface area contributed by atoms with E-state index in [4.69, 9.17) is 11.6 Å². The van der Waals surface area contributed by atoms with Crippen molar-refractivity contribution in [3.63, 3.8) is 0 Å². The zero-order valence-electron chi connectivity index (χ0n) is 14.5. The Morgan fingerprint density at radius 1 is 1.07 bits per heavy atom. The molecule has 0 amide bonds. The van der Waals surface area contributed by atoms with Crippen molar-refractivity contribution in [2.75, 3.05) is 0 Å². The minimum atomic E-state index is -0.464. The summed E-state index contributed by atoms with van der Waals surface area (Å²) in [5.74, 6) is 0.123. The van der Waals surface area contributed by atoms with Crippen LogP contribution in [0.15, 0.2) is 47.8 Å². The smallest absolute Gasteiger partial charge is 0.186 e. The zero-order chi connectivity index (χ0) is 19.1. The van der Waals surface area contributed by atoms with Crippen molar-refractivity contribution in [3.05, 3.63) is 70.1 Å². The van der Waals surface area contributed by atoms with Gasteiger partial charge in [-0.3, -0.25) is 0 Å². The van der Waals surface area contributed by atoms with Crippen LogP contribution in [0.25, 0.3) is 33.2 Å². The van der Waals surface area contributed by atoms with Gasteiger partial charge in [-0.25, -0.2) is 18.4 Å². The molecule has 0 radical (unpaired) electrons. The lowest BCUT2D eigenvalue weighted by molar-refractivity contribution is 0.628. The molecule has 2 heterocycles. The number of thiophene rings is 1. The van der Waals surface area contributed by atoms with Gasteiger partial charge in [0.1, 0.15) is 11.6 Å². The second-order valence-electron chi connectivity index (χ2n) is 6.09. The molecule has 2 aromatic carbocycles. The van der Waals surface area contributed by atoms with Crippen molar-refractivity contribution in [1.82, 2.24) is 14.8 Å². The summed E-state index contributed by atoms with van der Waals surface area (Å²) in [6.45, 7) is 1.98. The van der Waals surface area contributed by atoms with E-state index in [0.29, 0.717) is 5.82 Å². The molecular weight excluding hydrogens is 388 g/mol. The lowest BCUT2D eigenvalue weighted by Crippen LogP contribution is -1.95. The molecule has 0 N–H and O–H groups in total. The quantitative estimate of drug-likeness (QED) is 0.414. The van der Waals surface area contributed by atoms with Crippen LogP contribution in [0.5, 0.6) is 0 Å². The van der Waals surface area contributed by atoms with Gasteiger partial charge in [-0.1, -0.05) is 29.8 Å². The third-order valence-corrected chi connectivity index (χ3v) is 5.78. The Balaban J connectivity index is 1.80. The summed E-state index contributed by atoms with van der Waals surface area (Å²) < 4.78 is 29.0. The third kappa shape index (κ3) is 3.15. The number of aryl methyl sites for hydroxylation is 1. The maximum absolute atomic E-state index is 14.2. The van der Waals surface area contributed by atoms with Gasteiger partial charge in [-0.05, 0) is 42.3 Å². The van der Waals surface area contributed by atoms with Crippen LogP contribution in [-0.2, 0) is 7.05 Å². The normalized spacial score (nSPS) is 11.1. The molecule has 0 aliphatic heterocycles. The molecule has 0 fully saturated rings. The highest BCUT2D eigenvalue weighted by Gasteiger charge is 2.20. The standard InChI is InChI=1S/C20H14ClF2N3S/c1-11-14(10-27-18(11)12-6-8-13(22)9-7-12)20-24-19(25-26(20)2)17-15(21)4-3-5-16(17)23/h3-10H,1-2H3. The van der Waals surface area contributed by atoms with E-state index >= 15 is 0 Å². The molecule has 0 bridgehead atoms. The van der Waals surface area contributed by atoms with E-state index < -0.39 is 5.82 Å². The first-order chi connectivity index (χ1) is 13.0. The first-order valence-corrected chi connectivity index (χ1v) is 9.41. The number of hydrogen-bond donors (Lipinski definition) is 0. The Kier molecular flexibility index (Phi) is 4.53. The number of rotatable bonds is 3. The minimum Gasteiger partial charge on any atom is -0.248 e. The number of hydrogen-bond acceptors (Lipinski definition) is 3.